The SMILES string of the molecule is CC(=O)c1ccc2c(c1)CCc1sc(C(C)=O)nc1-2. The molecule has 0 saturated carbocycles. The molecule has 0 unspecified atom stereocenters. The smallest absolute Gasteiger partial charge is 0.188 e. The van der Waals surface area contributed by atoms with E-state index in [1.165, 1.54) is 16.2 Å². The zero-order chi connectivity index (χ0) is 13.6. The van der Waals surface area contributed by atoms with Crippen LogP contribution in [-0.2, 0) is 12.8 Å². The number of fused-ring (bicyclic) bond motifs is 3. The quantitative estimate of drug-likeness (QED) is 0.787. The van der Waals surface area contributed by atoms with Crippen LogP contribution in [0.3, 0.4) is 0 Å². The fourth-order valence-electron chi connectivity index (χ4n) is 2.38. The van der Waals surface area contributed by atoms with Gasteiger partial charge in [-0.1, -0.05) is 12.1 Å². The lowest BCUT2D eigenvalue weighted by atomic mass is 9.91. The summed E-state index contributed by atoms with van der Waals surface area (Å²) in [6.45, 7) is 3.12. The summed E-state index contributed by atoms with van der Waals surface area (Å²) in [6.07, 6.45) is 1.80. The number of hydrogen-bond donors (Lipinski definition) is 0. The average Bonchev–Trinajstić information content (AvgIpc) is 2.82. The highest BCUT2D eigenvalue weighted by Gasteiger charge is 2.22. The molecule has 0 radical (unpaired) electrons. The molecule has 96 valence electrons. The lowest BCUT2D eigenvalue weighted by molar-refractivity contribution is 0.100. The first-order chi connectivity index (χ1) is 9.06. The van der Waals surface area contributed by atoms with E-state index in [-0.39, 0.29) is 11.6 Å². The molecule has 0 spiro atoms. The molecule has 1 aliphatic carbocycles. The van der Waals surface area contributed by atoms with Crippen LogP contribution in [0.1, 0.15) is 44.4 Å². The normalized spacial score (nSPS) is 12.7. The van der Waals surface area contributed by atoms with Crippen LogP contribution in [0.25, 0.3) is 11.3 Å². The minimum Gasteiger partial charge on any atom is -0.295 e. The lowest BCUT2D eigenvalue weighted by Gasteiger charge is -2.15. The van der Waals surface area contributed by atoms with Gasteiger partial charge < -0.3 is 0 Å². The second kappa shape index (κ2) is 4.38. The molecule has 1 aromatic heterocycles. The van der Waals surface area contributed by atoms with E-state index in [0.29, 0.717) is 5.01 Å². The summed E-state index contributed by atoms with van der Waals surface area (Å²) in [5.41, 5.74) is 3.88. The molecule has 1 aromatic carbocycles. The third-order valence-corrected chi connectivity index (χ3v) is 4.60. The van der Waals surface area contributed by atoms with E-state index in [0.717, 1.165) is 35.2 Å². The van der Waals surface area contributed by atoms with Gasteiger partial charge in [-0.25, -0.2) is 4.98 Å². The van der Waals surface area contributed by atoms with Crippen LogP contribution in [0.5, 0.6) is 0 Å². The van der Waals surface area contributed by atoms with Gasteiger partial charge in [0, 0.05) is 22.9 Å². The van der Waals surface area contributed by atoms with Crippen molar-refractivity contribution in [1.29, 1.82) is 0 Å². The van der Waals surface area contributed by atoms with Crippen LogP contribution >= 0.6 is 11.3 Å². The fourth-order valence-corrected chi connectivity index (χ4v) is 3.35. The Labute approximate surface area is 115 Å². The molecule has 19 heavy (non-hydrogen) atoms. The number of carbonyl (C=O) groups excluding carboxylic acids is 2. The topological polar surface area (TPSA) is 47.0 Å². The number of aromatic nitrogens is 1. The van der Waals surface area contributed by atoms with Crippen molar-refractivity contribution in [3.05, 3.63) is 39.2 Å². The van der Waals surface area contributed by atoms with Gasteiger partial charge >= 0.3 is 0 Å². The van der Waals surface area contributed by atoms with Crippen LogP contribution in [0.4, 0.5) is 0 Å². The first-order valence-electron chi connectivity index (χ1n) is 6.21. The van der Waals surface area contributed by atoms with Crippen LogP contribution in [0.2, 0.25) is 0 Å². The van der Waals surface area contributed by atoms with Crippen molar-refractivity contribution in [2.45, 2.75) is 26.7 Å². The van der Waals surface area contributed by atoms with Crippen molar-refractivity contribution in [2.24, 2.45) is 0 Å². The number of Topliss-reactive ketones (excluding diaryl/α,β-unsaturated/α-hetero) is 2. The molecular weight excluding hydrogens is 258 g/mol. The molecule has 0 saturated heterocycles. The summed E-state index contributed by atoms with van der Waals surface area (Å²) in [4.78, 5) is 28.5. The second-order valence-corrected chi connectivity index (χ2v) is 5.86. The monoisotopic (exact) mass is 271 g/mol. The van der Waals surface area contributed by atoms with Gasteiger partial charge in [0.25, 0.3) is 0 Å². The van der Waals surface area contributed by atoms with Crippen molar-refractivity contribution in [3.8, 4) is 11.3 Å². The number of aryl methyl sites for hydroxylation is 2. The highest BCUT2D eigenvalue weighted by atomic mass is 32.1. The van der Waals surface area contributed by atoms with Crippen molar-refractivity contribution < 1.29 is 9.59 Å². The summed E-state index contributed by atoms with van der Waals surface area (Å²) < 4.78 is 0. The fraction of sp³-hybridized carbons (Fsp3) is 0.267. The van der Waals surface area contributed by atoms with Gasteiger partial charge in [0.2, 0.25) is 0 Å². The maximum atomic E-state index is 11.4. The van der Waals surface area contributed by atoms with Gasteiger partial charge in [-0.05, 0) is 31.4 Å². The number of hydrogen-bond acceptors (Lipinski definition) is 4. The molecule has 3 rings (SSSR count). The lowest BCUT2D eigenvalue weighted by Crippen LogP contribution is -2.04. The molecule has 1 heterocycles. The summed E-state index contributed by atoms with van der Waals surface area (Å²) in [5, 5.41) is 0.577. The molecule has 0 atom stereocenters. The van der Waals surface area contributed by atoms with Crippen molar-refractivity contribution in [2.75, 3.05) is 0 Å². The van der Waals surface area contributed by atoms with E-state index in [2.05, 4.69) is 4.98 Å². The zero-order valence-electron chi connectivity index (χ0n) is 10.8. The van der Waals surface area contributed by atoms with Gasteiger partial charge in [0.1, 0.15) is 0 Å². The third kappa shape index (κ3) is 2.02. The minimum atomic E-state index is 0.0151. The maximum Gasteiger partial charge on any atom is 0.188 e. The second-order valence-electron chi connectivity index (χ2n) is 4.78. The molecule has 0 amide bonds. The van der Waals surface area contributed by atoms with Gasteiger partial charge in [0.15, 0.2) is 16.6 Å². The summed E-state index contributed by atoms with van der Waals surface area (Å²) in [7, 11) is 0. The van der Waals surface area contributed by atoms with Gasteiger partial charge in [0.05, 0.1) is 5.69 Å². The predicted molar refractivity (Wildman–Crippen MR) is 75.0 cm³/mol. The maximum absolute atomic E-state index is 11.4. The van der Waals surface area contributed by atoms with Crippen molar-refractivity contribution in [1.82, 2.24) is 4.98 Å². The Hall–Kier alpha value is -1.81. The van der Waals surface area contributed by atoms with E-state index in [4.69, 9.17) is 0 Å². The van der Waals surface area contributed by atoms with E-state index in [1.54, 1.807) is 13.8 Å². The van der Waals surface area contributed by atoms with Crippen molar-refractivity contribution >= 4 is 22.9 Å². The molecule has 3 nitrogen and oxygen atoms in total. The standard InChI is InChI=1S/C15H13NO2S/c1-8(17)10-3-5-12-11(7-10)4-6-13-14(12)16-15(19-13)9(2)18/h3,5,7H,4,6H2,1-2H3. The van der Waals surface area contributed by atoms with E-state index in [1.807, 2.05) is 18.2 Å². The highest BCUT2D eigenvalue weighted by molar-refractivity contribution is 7.14. The largest absolute Gasteiger partial charge is 0.295 e. The Morgan fingerprint density at radius 2 is 1.95 bits per heavy atom. The number of nitrogens with zero attached hydrogens (tertiary/aromatic N) is 1. The summed E-state index contributed by atoms with van der Waals surface area (Å²) in [5.74, 6) is 0.0950. The molecule has 0 N–H and O–H groups in total. The molecule has 2 aromatic rings. The van der Waals surface area contributed by atoms with Gasteiger partial charge in [-0.15, -0.1) is 11.3 Å². The molecule has 0 bridgehead atoms. The first-order valence-corrected chi connectivity index (χ1v) is 7.03. The summed E-state index contributed by atoms with van der Waals surface area (Å²) in [6, 6.07) is 5.74. The molecule has 4 heteroatoms. The molecule has 0 fully saturated rings. The van der Waals surface area contributed by atoms with Crippen molar-refractivity contribution in [3.63, 3.8) is 0 Å². The van der Waals surface area contributed by atoms with E-state index < -0.39 is 0 Å². The Morgan fingerprint density at radius 1 is 1.16 bits per heavy atom. The van der Waals surface area contributed by atoms with Crippen LogP contribution < -0.4 is 0 Å². The molecular formula is C15H13NO2S. The highest BCUT2D eigenvalue weighted by Crippen LogP contribution is 2.36. The Kier molecular flexibility index (Phi) is 2.82. The number of benzene rings is 1. The first kappa shape index (κ1) is 12.2. The molecule has 1 aliphatic rings. The number of carbonyl (C=O) groups is 2. The van der Waals surface area contributed by atoms with Crippen LogP contribution in [0, 0.1) is 0 Å². The molecule has 0 aliphatic heterocycles. The third-order valence-electron chi connectivity index (χ3n) is 3.39. The average molecular weight is 271 g/mol. The summed E-state index contributed by atoms with van der Waals surface area (Å²) >= 11 is 1.49. The zero-order valence-corrected chi connectivity index (χ0v) is 11.6. The van der Waals surface area contributed by atoms with E-state index >= 15 is 0 Å². The predicted octanol–water partition coefficient (Wildman–Crippen LogP) is 3.31. The Bertz CT molecular complexity index is 700. The number of thiazole rings is 1. The van der Waals surface area contributed by atoms with E-state index in [9.17, 15) is 9.59 Å². The Balaban J connectivity index is 2.13. The van der Waals surface area contributed by atoms with Crippen LogP contribution in [-0.4, -0.2) is 16.6 Å². The van der Waals surface area contributed by atoms with Gasteiger partial charge in [-0.2, -0.15) is 0 Å². The number of ketones is 2. The number of rotatable bonds is 2. The van der Waals surface area contributed by atoms with Gasteiger partial charge in [-0.3, -0.25) is 9.59 Å². The Morgan fingerprint density at radius 3 is 2.63 bits per heavy atom. The minimum absolute atomic E-state index is 0.0151. The van der Waals surface area contributed by atoms with Crippen LogP contribution in [0.15, 0.2) is 18.2 Å².